The van der Waals surface area contributed by atoms with E-state index in [4.69, 9.17) is 0 Å². The molecule has 4 amide bonds. The minimum Gasteiger partial charge on any atom is -0.356 e. The summed E-state index contributed by atoms with van der Waals surface area (Å²) in [6.07, 6.45) is 2.74. The second-order valence-electron chi connectivity index (χ2n) is 11.6. The highest BCUT2D eigenvalue weighted by atomic mass is 19.1. The van der Waals surface area contributed by atoms with Crippen LogP contribution in [0.5, 0.6) is 0 Å². The summed E-state index contributed by atoms with van der Waals surface area (Å²) in [4.78, 5) is 66.9. The molecule has 2 aromatic rings. The van der Waals surface area contributed by atoms with Gasteiger partial charge in [-0.1, -0.05) is 32.0 Å². The molecule has 1 aliphatic carbocycles. The van der Waals surface area contributed by atoms with Crippen LogP contribution in [0.3, 0.4) is 0 Å². The van der Waals surface area contributed by atoms with Gasteiger partial charge in [-0.15, -0.1) is 0 Å². The van der Waals surface area contributed by atoms with Crippen molar-refractivity contribution in [3.8, 4) is 0 Å². The van der Waals surface area contributed by atoms with Crippen molar-refractivity contribution in [3.05, 3.63) is 36.0 Å². The SMILES string of the molecule is CC(C)[C@H](NC(=O)c1cc2ccccc2[nH]1)C(=O)N[C@@H](CC1CCC(F)CC1)C(=O)N[C@H](C=O)C[C@@H]1CCNC1=O. The third-order valence-electron chi connectivity index (χ3n) is 8.18. The second-order valence-corrected chi connectivity index (χ2v) is 11.6. The highest BCUT2D eigenvalue weighted by molar-refractivity contribution is 6.00. The van der Waals surface area contributed by atoms with Gasteiger partial charge in [0.2, 0.25) is 17.7 Å². The average molecular weight is 570 g/mol. The number of carbonyl (C=O) groups excluding carboxylic acids is 5. The molecule has 222 valence electrons. The molecule has 2 heterocycles. The Bertz CT molecular complexity index is 1220. The maximum absolute atomic E-state index is 13.8. The minimum absolute atomic E-state index is 0.0202. The van der Waals surface area contributed by atoms with Crippen LogP contribution >= 0.6 is 0 Å². The normalized spacial score (nSPS) is 22.9. The van der Waals surface area contributed by atoms with Crippen molar-refractivity contribution in [2.24, 2.45) is 17.8 Å². The van der Waals surface area contributed by atoms with Crippen LogP contribution < -0.4 is 21.3 Å². The minimum atomic E-state index is -0.991. The first kappa shape index (κ1) is 30.2. The highest BCUT2D eigenvalue weighted by Gasteiger charge is 2.34. The Kier molecular flexibility index (Phi) is 10.1. The maximum atomic E-state index is 13.8. The number of H-pyrrole nitrogens is 1. The van der Waals surface area contributed by atoms with Gasteiger partial charge in [-0.25, -0.2) is 4.39 Å². The average Bonchev–Trinajstić information content (AvgIpc) is 3.57. The smallest absolute Gasteiger partial charge is 0.268 e. The van der Waals surface area contributed by atoms with Crippen molar-refractivity contribution < 1.29 is 28.4 Å². The third-order valence-corrected chi connectivity index (χ3v) is 8.18. The molecule has 1 aromatic heterocycles. The summed E-state index contributed by atoms with van der Waals surface area (Å²) in [5.74, 6) is -2.31. The van der Waals surface area contributed by atoms with E-state index >= 15 is 0 Å². The number of aldehydes is 1. The Hall–Kier alpha value is -3.76. The predicted octanol–water partition coefficient (Wildman–Crippen LogP) is 2.54. The largest absolute Gasteiger partial charge is 0.356 e. The van der Waals surface area contributed by atoms with E-state index in [1.165, 1.54) is 0 Å². The molecule has 11 heteroatoms. The van der Waals surface area contributed by atoms with Crippen LogP contribution in [0.1, 0.15) is 69.3 Å². The molecule has 10 nitrogen and oxygen atoms in total. The van der Waals surface area contributed by atoms with Gasteiger partial charge in [-0.2, -0.15) is 0 Å². The third kappa shape index (κ3) is 7.92. The molecule has 0 bridgehead atoms. The van der Waals surface area contributed by atoms with E-state index in [9.17, 15) is 28.4 Å². The van der Waals surface area contributed by atoms with Crippen LogP contribution in [-0.4, -0.2) is 65.7 Å². The Morgan fingerprint density at radius 2 is 1.73 bits per heavy atom. The number of hydrogen-bond donors (Lipinski definition) is 5. The van der Waals surface area contributed by atoms with Gasteiger partial charge in [-0.3, -0.25) is 19.2 Å². The lowest BCUT2D eigenvalue weighted by molar-refractivity contribution is -0.132. The van der Waals surface area contributed by atoms with Crippen LogP contribution in [-0.2, 0) is 19.2 Å². The van der Waals surface area contributed by atoms with E-state index in [0.29, 0.717) is 50.6 Å². The fraction of sp³-hybridized carbons (Fsp3) is 0.567. The lowest BCUT2D eigenvalue weighted by atomic mass is 9.83. The summed E-state index contributed by atoms with van der Waals surface area (Å²) >= 11 is 0. The summed E-state index contributed by atoms with van der Waals surface area (Å²) in [5, 5.41) is 11.9. The molecule has 4 rings (SSSR count). The van der Waals surface area contributed by atoms with Crippen molar-refractivity contribution >= 4 is 40.8 Å². The molecule has 0 spiro atoms. The topological polar surface area (TPSA) is 149 Å². The molecule has 2 fully saturated rings. The van der Waals surface area contributed by atoms with Crippen LogP contribution in [0.4, 0.5) is 4.39 Å². The van der Waals surface area contributed by atoms with Gasteiger partial charge < -0.3 is 31.0 Å². The van der Waals surface area contributed by atoms with Gasteiger partial charge in [0.25, 0.3) is 5.91 Å². The highest BCUT2D eigenvalue weighted by Crippen LogP contribution is 2.29. The van der Waals surface area contributed by atoms with Gasteiger partial charge in [-0.05, 0) is 68.9 Å². The zero-order valence-electron chi connectivity index (χ0n) is 23.6. The number of alkyl halides is 1. The summed E-state index contributed by atoms with van der Waals surface area (Å²) in [7, 11) is 0. The fourth-order valence-electron chi connectivity index (χ4n) is 5.74. The van der Waals surface area contributed by atoms with Gasteiger partial charge in [0, 0.05) is 23.4 Å². The molecule has 2 aliphatic rings. The number of halogens is 1. The molecular formula is C30H40FN5O5. The molecule has 1 saturated carbocycles. The van der Waals surface area contributed by atoms with Crippen LogP contribution in [0.2, 0.25) is 0 Å². The van der Waals surface area contributed by atoms with Crippen molar-refractivity contribution in [1.82, 2.24) is 26.3 Å². The van der Waals surface area contributed by atoms with Gasteiger partial charge in [0.05, 0.1) is 6.04 Å². The van der Waals surface area contributed by atoms with E-state index in [2.05, 4.69) is 26.3 Å². The molecule has 5 N–H and O–H groups in total. The molecule has 1 aliphatic heterocycles. The summed E-state index contributed by atoms with van der Waals surface area (Å²) in [6.45, 7) is 4.12. The van der Waals surface area contributed by atoms with E-state index < -0.39 is 42.0 Å². The molecule has 0 radical (unpaired) electrons. The number of para-hydroxylation sites is 1. The quantitative estimate of drug-likeness (QED) is 0.249. The Morgan fingerprint density at radius 3 is 2.37 bits per heavy atom. The lowest BCUT2D eigenvalue weighted by Gasteiger charge is -2.30. The Balaban J connectivity index is 1.45. The first-order chi connectivity index (χ1) is 19.6. The number of hydrogen-bond acceptors (Lipinski definition) is 5. The summed E-state index contributed by atoms with van der Waals surface area (Å²) in [5.41, 5.74) is 1.11. The standard InChI is InChI=1S/C30H40FN5O5/c1-17(2)26(36-29(40)25-15-19-5-3-4-6-23(19)34-25)30(41)35-24(13-18-7-9-21(31)10-8-18)28(39)33-22(16-37)14-20-11-12-32-27(20)38/h3-6,15-18,20-22,24,26,34H,7-14H2,1-2H3,(H,32,38)(H,33,39)(H,35,41)(H,36,40)/t18?,20-,21?,22-,24-,26-/m0/s1. The first-order valence-electron chi connectivity index (χ1n) is 14.5. The second kappa shape index (κ2) is 13.7. The number of aromatic nitrogens is 1. The molecular weight excluding hydrogens is 529 g/mol. The number of fused-ring (bicyclic) bond motifs is 1. The maximum Gasteiger partial charge on any atom is 0.268 e. The molecule has 1 aromatic carbocycles. The van der Waals surface area contributed by atoms with Crippen molar-refractivity contribution in [3.63, 3.8) is 0 Å². The number of benzene rings is 1. The monoisotopic (exact) mass is 569 g/mol. The van der Waals surface area contributed by atoms with Crippen molar-refractivity contribution in [1.29, 1.82) is 0 Å². The number of carbonyl (C=O) groups is 5. The van der Waals surface area contributed by atoms with Crippen LogP contribution in [0, 0.1) is 17.8 Å². The van der Waals surface area contributed by atoms with E-state index in [0.717, 1.165) is 10.9 Å². The predicted molar refractivity (Wildman–Crippen MR) is 152 cm³/mol. The molecule has 41 heavy (non-hydrogen) atoms. The molecule has 0 unspecified atom stereocenters. The number of nitrogens with one attached hydrogen (secondary N) is 5. The van der Waals surface area contributed by atoms with Gasteiger partial charge in [0.1, 0.15) is 30.2 Å². The van der Waals surface area contributed by atoms with Gasteiger partial charge in [0.15, 0.2) is 0 Å². The van der Waals surface area contributed by atoms with Gasteiger partial charge >= 0.3 is 0 Å². The van der Waals surface area contributed by atoms with E-state index in [1.807, 2.05) is 24.3 Å². The zero-order chi connectivity index (χ0) is 29.5. The number of rotatable bonds is 12. The zero-order valence-corrected chi connectivity index (χ0v) is 23.6. The number of aromatic amines is 1. The van der Waals surface area contributed by atoms with E-state index in [1.54, 1.807) is 19.9 Å². The van der Waals surface area contributed by atoms with Crippen molar-refractivity contribution in [2.45, 2.75) is 83.1 Å². The fourth-order valence-corrected chi connectivity index (χ4v) is 5.74. The van der Waals surface area contributed by atoms with Crippen molar-refractivity contribution in [2.75, 3.05) is 6.54 Å². The van der Waals surface area contributed by atoms with Crippen LogP contribution in [0.15, 0.2) is 30.3 Å². The van der Waals surface area contributed by atoms with E-state index in [-0.39, 0.29) is 36.5 Å². The molecule has 1 saturated heterocycles. The summed E-state index contributed by atoms with van der Waals surface area (Å²) in [6, 6.07) is 6.34. The Morgan fingerprint density at radius 1 is 1.00 bits per heavy atom. The first-order valence-corrected chi connectivity index (χ1v) is 14.5. The molecule has 4 atom stereocenters. The Labute approximate surface area is 239 Å². The van der Waals surface area contributed by atoms with Crippen LogP contribution in [0.25, 0.3) is 10.9 Å². The lowest BCUT2D eigenvalue weighted by Crippen LogP contribution is -2.57. The number of amides is 4. The summed E-state index contributed by atoms with van der Waals surface area (Å²) < 4.78 is 13.8.